The van der Waals surface area contributed by atoms with Crippen LogP contribution < -0.4 is 16.4 Å². The van der Waals surface area contributed by atoms with Crippen LogP contribution in [0.1, 0.15) is 21.5 Å². The number of carbonyl (C=O) groups excluding carboxylic acids is 2. The number of anilines is 1. The van der Waals surface area contributed by atoms with Crippen LogP contribution in [0.4, 0.5) is 5.69 Å². The van der Waals surface area contributed by atoms with Gasteiger partial charge in [-0.25, -0.2) is 0 Å². The summed E-state index contributed by atoms with van der Waals surface area (Å²) < 4.78 is 0. The fourth-order valence-corrected chi connectivity index (χ4v) is 3.44. The first-order valence-corrected chi connectivity index (χ1v) is 10.3. The van der Waals surface area contributed by atoms with Crippen molar-refractivity contribution in [3.63, 3.8) is 0 Å². The van der Waals surface area contributed by atoms with Crippen molar-refractivity contribution in [2.75, 3.05) is 5.73 Å². The van der Waals surface area contributed by atoms with Gasteiger partial charge in [0.05, 0.1) is 0 Å². The quantitative estimate of drug-likeness (QED) is 0.316. The van der Waals surface area contributed by atoms with Crippen LogP contribution in [-0.2, 0) is 11.3 Å². The van der Waals surface area contributed by atoms with Gasteiger partial charge >= 0.3 is 0 Å². The molecule has 0 saturated carbocycles. The number of amides is 2. The third-order valence-electron chi connectivity index (χ3n) is 5.15. The highest BCUT2D eigenvalue weighted by Gasteiger charge is 2.15. The van der Waals surface area contributed by atoms with Crippen LogP contribution in [0.2, 0.25) is 0 Å². The van der Waals surface area contributed by atoms with E-state index >= 15 is 0 Å². The summed E-state index contributed by atoms with van der Waals surface area (Å²) in [4.78, 5) is 25.9. The average Bonchev–Trinajstić information content (AvgIpc) is 2.83. The molecule has 4 N–H and O–H groups in total. The number of para-hydroxylation sites is 1. The number of fused-ring (bicyclic) bond motifs is 1. The predicted molar refractivity (Wildman–Crippen MR) is 129 cm³/mol. The van der Waals surface area contributed by atoms with Crippen molar-refractivity contribution < 1.29 is 9.59 Å². The van der Waals surface area contributed by atoms with Crippen molar-refractivity contribution in [3.05, 3.63) is 119 Å². The van der Waals surface area contributed by atoms with Crippen molar-refractivity contribution in [1.29, 1.82) is 0 Å². The van der Waals surface area contributed by atoms with Crippen molar-refractivity contribution in [1.82, 2.24) is 10.6 Å². The SMILES string of the molecule is Nc1ccccc1CNC(=O)C(=Cc1cccc2ccccc12)NC(=O)c1ccccc1. The Balaban J connectivity index is 1.65. The average molecular weight is 422 g/mol. The molecule has 158 valence electrons. The van der Waals surface area contributed by atoms with E-state index in [0.29, 0.717) is 11.3 Å². The lowest BCUT2D eigenvalue weighted by Crippen LogP contribution is -2.34. The molecule has 0 aliphatic carbocycles. The van der Waals surface area contributed by atoms with E-state index < -0.39 is 5.91 Å². The van der Waals surface area contributed by atoms with Gasteiger partial charge in [0.15, 0.2) is 0 Å². The van der Waals surface area contributed by atoms with Crippen LogP contribution in [0.25, 0.3) is 16.8 Å². The van der Waals surface area contributed by atoms with Gasteiger partial charge in [0.2, 0.25) is 0 Å². The maximum atomic E-state index is 13.1. The lowest BCUT2D eigenvalue weighted by atomic mass is 10.0. The molecule has 0 aromatic heterocycles. The second-order valence-electron chi connectivity index (χ2n) is 7.33. The van der Waals surface area contributed by atoms with Crippen LogP contribution in [0.15, 0.2) is 103 Å². The normalized spacial score (nSPS) is 11.2. The second kappa shape index (κ2) is 9.62. The molecule has 0 radical (unpaired) electrons. The first-order valence-electron chi connectivity index (χ1n) is 10.3. The van der Waals surface area contributed by atoms with Gasteiger partial charge in [-0.1, -0.05) is 78.9 Å². The predicted octanol–water partition coefficient (Wildman–Crippen LogP) is 4.51. The summed E-state index contributed by atoms with van der Waals surface area (Å²) in [6.45, 7) is 0.250. The number of carbonyl (C=O) groups is 2. The van der Waals surface area contributed by atoms with Gasteiger partial charge in [0.1, 0.15) is 5.70 Å². The first kappa shape index (κ1) is 20.9. The Morgan fingerprint density at radius 1 is 0.781 bits per heavy atom. The van der Waals surface area contributed by atoms with Crippen LogP contribution in [-0.4, -0.2) is 11.8 Å². The molecule has 0 aliphatic rings. The van der Waals surface area contributed by atoms with Crippen LogP contribution in [0.3, 0.4) is 0 Å². The number of nitrogens with one attached hydrogen (secondary N) is 2. The summed E-state index contributed by atoms with van der Waals surface area (Å²) >= 11 is 0. The minimum Gasteiger partial charge on any atom is -0.398 e. The number of nitrogen functional groups attached to an aromatic ring is 1. The molecule has 0 heterocycles. The van der Waals surface area contributed by atoms with Gasteiger partial charge in [0.25, 0.3) is 11.8 Å². The third-order valence-corrected chi connectivity index (χ3v) is 5.15. The maximum Gasteiger partial charge on any atom is 0.268 e. The molecule has 4 aromatic carbocycles. The standard InChI is InChI=1S/C27H23N3O2/c28-24-16-7-5-12-22(24)18-29-27(32)25(30-26(31)20-10-2-1-3-11-20)17-21-14-8-13-19-9-4-6-15-23(19)21/h1-17H,18,28H2,(H,29,32)(H,30,31). The van der Waals surface area contributed by atoms with E-state index in [1.165, 1.54) is 0 Å². The molecular weight excluding hydrogens is 398 g/mol. The fourth-order valence-electron chi connectivity index (χ4n) is 3.44. The summed E-state index contributed by atoms with van der Waals surface area (Å²) in [6, 6.07) is 29.9. The van der Waals surface area contributed by atoms with Crippen molar-refractivity contribution >= 4 is 34.4 Å². The number of nitrogens with two attached hydrogens (primary N) is 1. The highest BCUT2D eigenvalue weighted by atomic mass is 16.2. The molecule has 0 aliphatic heterocycles. The number of benzene rings is 4. The van der Waals surface area contributed by atoms with Gasteiger partial charge < -0.3 is 16.4 Å². The zero-order valence-electron chi connectivity index (χ0n) is 17.4. The number of rotatable bonds is 6. The number of hydrogen-bond donors (Lipinski definition) is 3. The Morgan fingerprint density at radius 3 is 2.28 bits per heavy atom. The van der Waals surface area contributed by atoms with Crippen LogP contribution in [0.5, 0.6) is 0 Å². The van der Waals surface area contributed by atoms with E-state index in [-0.39, 0.29) is 18.1 Å². The Bertz CT molecular complexity index is 1290. The van der Waals surface area contributed by atoms with E-state index in [4.69, 9.17) is 5.73 Å². The molecule has 4 rings (SSSR count). The zero-order chi connectivity index (χ0) is 22.3. The molecule has 0 spiro atoms. The topological polar surface area (TPSA) is 84.2 Å². The van der Waals surface area contributed by atoms with E-state index in [2.05, 4.69) is 10.6 Å². The second-order valence-corrected chi connectivity index (χ2v) is 7.33. The van der Waals surface area contributed by atoms with Gasteiger partial charge in [-0.2, -0.15) is 0 Å². The van der Waals surface area contributed by atoms with E-state index in [9.17, 15) is 9.59 Å². The molecule has 0 fully saturated rings. The summed E-state index contributed by atoms with van der Waals surface area (Å²) in [5.41, 5.74) is 8.85. The van der Waals surface area contributed by atoms with Crippen molar-refractivity contribution in [3.8, 4) is 0 Å². The summed E-state index contributed by atoms with van der Waals surface area (Å²) in [6.07, 6.45) is 1.70. The minimum absolute atomic E-state index is 0.157. The molecule has 0 atom stereocenters. The van der Waals surface area contributed by atoms with Crippen LogP contribution >= 0.6 is 0 Å². The van der Waals surface area contributed by atoms with Crippen molar-refractivity contribution in [2.45, 2.75) is 6.54 Å². The fraction of sp³-hybridized carbons (Fsp3) is 0.0370. The molecule has 2 amide bonds. The minimum atomic E-state index is -0.398. The summed E-state index contributed by atoms with van der Waals surface area (Å²) in [7, 11) is 0. The Labute approximate surface area is 186 Å². The molecule has 4 aromatic rings. The monoisotopic (exact) mass is 421 g/mol. The van der Waals surface area contributed by atoms with Crippen LogP contribution in [0, 0.1) is 0 Å². The molecule has 5 nitrogen and oxygen atoms in total. The zero-order valence-corrected chi connectivity index (χ0v) is 17.4. The Kier molecular flexibility index (Phi) is 6.28. The van der Waals surface area contributed by atoms with Crippen molar-refractivity contribution in [2.24, 2.45) is 0 Å². The third kappa shape index (κ3) is 4.84. The summed E-state index contributed by atoms with van der Waals surface area (Å²) in [5.74, 6) is -0.753. The highest BCUT2D eigenvalue weighted by Crippen LogP contribution is 2.21. The molecule has 0 unspecified atom stereocenters. The van der Waals surface area contributed by atoms with Gasteiger partial charge in [-0.3, -0.25) is 9.59 Å². The van der Waals surface area contributed by atoms with E-state index in [0.717, 1.165) is 21.9 Å². The first-order chi connectivity index (χ1) is 15.6. The smallest absolute Gasteiger partial charge is 0.268 e. The van der Waals surface area contributed by atoms with E-state index in [1.54, 1.807) is 36.4 Å². The molecule has 5 heteroatoms. The van der Waals surface area contributed by atoms with Gasteiger partial charge in [-0.05, 0) is 46.2 Å². The maximum absolute atomic E-state index is 13.1. The van der Waals surface area contributed by atoms with E-state index in [1.807, 2.05) is 66.7 Å². The molecule has 0 saturated heterocycles. The molecular formula is C27H23N3O2. The largest absolute Gasteiger partial charge is 0.398 e. The van der Waals surface area contributed by atoms with Gasteiger partial charge in [0, 0.05) is 17.8 Å². The molecule has 32 heavy (non-hydrogen) atoms. The Hall–Kier alpha value is -4.38. The lowest BCUT2D eigenvalue weighted by molar-refractivity contribution is -0.117. The highest BCUT2D eigenvalue weighted by molar-refractivity contribution is 6.06. The Morgan fingerprint density at radius 2 is 1.47 bits per heavy atom. The summed E-state index contributed by atoms with van der Waals surface area (Å²) in [5, 5.41) is 7.68. The molecule has 0 bridgehead atoms. The number of hydrogen-bond acceptors (Lipinski definition) is 3. The van der Waals surface area contributed by atoms with Gasteiger partial charge in [-0.15, -0.1) is 0 Å². The lowest BCUT2D eigenvalue weighted by Gasteiger charge is -2.13.